The summed E-state index contributed by atoms with van der Waals surface area (Å²) >= 11 is 0. The molecule has 1 aromatic heterocycles. The molecule has 5 nitrogen and oxygen atoms in total. The first-order chi connectivity index (χ1) is 8.74. The van der Waals surface area contributed by atoms with Crippen LogP contribution < -0.4 is 5.32 Å². The van der Waals surface area contributed by atoms with Gasteiger partial charge in [-0.1, -0.05) is 20.8 Å². The molecule has 0 aliphatic carbocycles. The number of hydrogen-bond donors (Lipinski definition) is 2. The minimum absolute atomic E-state index is 0.156. The van der Waals surface area contributed by atoms with E-state index in [0.717, 1.165) is 50.4 Å². The van der Waals surface area contributed by atoms with E-state index in [1.54, 1.807) is 0 Å². The molecule has 0 aliphatic rings. The maximum atomic E-state index is 9.30. The van der Waals surface area contributed by atoms with Gasteiger partial charge in [-0.05, 0) is 19.4 Å². The summed E-state index contributed by atoms with van der Waals surface area (Å²) in [5.74, 6) is 1.95. The molecule has 0 saturated carbocycles. The number of aliphatic hydroxyl groups is 1. The van der Waals surface area contributed by atoms with Gasteiger partial charge in [-0.3, -0.25) is 0 Å². The van der Waals surface area contributed by atoms with Crippen LogP contribution in [0.5, 0.6) is 0 Å². The highest BCUT2D eigenvalue weighted by Crippen LogP contribution is 2.04. The van der Waals surface area contributed by atoms with E-state index >= 15 is 0 Å². The molecule has 5 heteroatoms. The maximum absolute atomic E-state index is 9.30. The van der Waals surface area contributed by atoms with Crippen LogP contribution in [0.15, 0.2) is 0 Å². The van der Waals surface area contributed by atoms with Gasteiger partial charge in [0, 0.05) is 25.4 Å². The highest BCUT2D eigenvalue weighted by molar-refractivity contribution is 4.92. The first-order valence-corrected chi connectivity index (χ1v) is 7.01. The average molecular weight is 254 g/mol. The van der Waals surface area contributed by atoms with Gasteiger partial charge in [-0.15, -0.1) is 0 Å². The molecular weight excluding hydrogens is 228 g/mol. The molecule has 0 aromatic carbocycles. The zero-order chi connectivity index (χ0) is 13.4. The van der Waals surface area contributed by atoms with E-state index in [2.05, 4.69) is 36.2 Å². The van der Waals surface area contributed by atoms with E-state index in [4.69, 9.17) is 0 Å². The molecule has 1 unspecified atom stereocenters. The third-order valence-corrected chi connectivity index (χ3v) is 3.02. The normalized spacial score (nSPS) is 12.9. The Kier molecular flexibility index (Phi) is 6.90. The summed E-state index contributed by atoms with van der Waals surface area (Å²) in [5.41, 5.74) is 0. The smallest absolute Gasteiger partial charge is 0.150 e. The third kappa shape index (κ3) is 4.38. The van der Waals surface area contributed by atoms with Crippen molar-refractivity contribution in [2.45, 2.75) is 59.0 Å². The molecular formula is C13H26N4O. The van der Waals surface area contributed by atoms with Gasteiger partial charge in [0.2, 0.25) is 0 Å². The Morgan fingerprint density at radius 3 is 2.61 bits per heavy atom. The van der Waals surface area contributed by atoms with Crippen LogP contribution in [-0.4, -0.2) is 39.1 Å². The molecule has 0 radical (unpaired) electrons. The quantitative estimate of drug-likeness (QED) is 0.694. The molecule has 1 aromatic rings. The van der Waals surface area contributed by atoms with Gasteiger partial charge in [-0.2, -0.15) is 5.10 Å². The monoisotopic (exact) mass is 254 g/mol. The van der Waals surface area contributed by atoms with Crippen molar-refractivity contribution in [1.29, 1.82) is 0 Å². The standard InChI is InChI=1S/C13H26N4O/c1-4-8-14-11(10-18)7-9-17-13(6-3)15-12(5-2)16-17/h11,14,18H,4-10H2,1-3H3. The topological polar surface area (TPSA) is 63.0 Å². The lowest BCUT2D eigenvalue weighted by Crippen LogP contribution is -2.34. The van der Waals surface area contributed by atoms with Crippen molar-refractivity contribution in [3.05, 3.63) is 11.6 Å². The second-order valence-electron chi connectivity index (χ2n) is 4.50. The summed E-state index contributed by atoms with van der Waals surface area (Å²) in [5, 5.41) is 17.1. The van der Waals surface area contributed by atoms with Gasteiger partial charge in [-0.25, -0.2) is 9.67 Å². The van der Waals surface area contributed by atoms with Crippen molar-refractivity contribution < 1.29 is 5.11 Å². The Morgan fingerprint density at radius 1 is 1.28 bits per heavy atom. The number of aryl methyl sites for hydroxylation is 3. The summed E-state index contributed by atoms with van der Waals surface area (Å²) in [4.78, 5) is 4.48. The Bertz CT molecular complexity index is 338. The molecule has 0 amide bonds. The maximum Gasteiger partial charge on any atom is 0.150 e. The lowest BCUT2D eigenvalue weighted by molar-refractivity contribution is 0.230. The fourth-order valence-electron chi connectivity index (χ4n) is 1.90. The minimum atomic E-state index is 0.156. The minimum Gasteiger partial charge on any atom is -0.395 e. The Balaban J connectivity index is 2.52. The molecule has 0 saturated heterocycles. The van der Waals surface area contributed by atoms with Gasteiger partial charge in [0.15, 0.2) is 5.82 Å². The highest BCUT2D eigenvalue weighted by atomic mass is 16.3. The number of aromatic nitrogens is 3. The fourth-order valence-corrected chi connectivity index (χ4v) is 1.90. The Labute approximate surface area is 110 Å². The highest BCUT2D eigenvalue weighted by Gasteiger charge is 2.10. The first-order valence-electron chi connectivity index (χ1n) is 7.01. The molecule has 1 heterocycles. The Hall–Kier alpha value is -0.940. The van der Waals surface area contributed by atoms with E-state index in [1.807, 2.05) is 4.68 Å². The second kappa shape index (κ2) is 8.21. The van der Waals surface area contributed by atoms with Crippen molar-refractivity contribution in [2.24, 2.45) is 0 Å². The predicted molar refractivity (Wildman–Crippen MR) is 72.6 cm³/mol. The third-order valence-electron chi connectivity index (χ3n) is 3.02. The van der Waals surface area contributed by atoms with Gasteiger partial charge in [0.05, 0.1) is 6.61 Å². The Morgan fingerprint density at radius 2 is 2.06 bits per heavy atom. The number of rotatable bonds is 9. The van der Waals surface area contributed by atoms with Crippen LogP contribution >= 0.6 is 0 Å². The zero-order valence-corrected chi connectivity index (χ0v) is 11.8. The van der Waals surface area contributed by atoms with Crippen molar-refractivity contribution in [3.63, 3.8) is 0 Å². The van der Waals surface area contributed by atoms with Crippen LogP contribution in [0.3, 0.4) is 0 Å². The van der Waals surface area contributed by atoms with E-state index in [1.165, 1.54) is 0 Å². The number of nitrogens with one attached hydrogen (secondary N) is 1. The van der Waals surface area contributed by atoms with Crippen LogP contribution in [0, 0.1) is 0 Å². The molecule has 0 aliphatic heterocycles. The molecule has 104 valence electrons. The molecule has 2 N–H and O–H groups in total. The van der Waals surface area contributed by atoms with E-state index in [-0.39, 0.29) is 12.6 Å². The van der Waals surface area contributed by atoms with Crippen molar-refractivity contribution in [2.75, 3.05) is 13.2 Å². The fraction of sp³-hybridized carbons (Fsp3) is 0.846. The summed E-state index contributed by atoms with van der Waals surface area (Å²) in [6.45, 7) is 8.23. The predicted octanol–water partition coefficient (Wildman–Crippen LogP) is 1.15. The van der Waals surface area contributed by atoms with Gasteiger partial charge < -0.3 is 10.4 Å². The lowest BCUT2D eigenvalue weighted by atomic mass is 10.2. The van der Waals surface area contributed by atoms with E-state index < -0.39 is 0 Å². The van der Waals surface area contributed by atoms with E-state index in [9.17, 15) is 5.11 Å². The van der Waals surface area contributed by atoms with Crippen molar-refractivity contribution in [1.82, 2.24) is 20.1 Å². The largest absolute Gasteiger partial charge is 0.395 e. The van der Waals surface area contributed by atoms with Crippen molar-refractivity contribution >= 4 is 0 Å². The summed E-state index contributed by atoms with van der Waals surface area (Å²) in [6.07, 6.45) is 3.74. The van der Waals surface area contributed by atoms with Crippen LogP contribution in [0.25, 0.3) is 0 Å². The van der Waals surface area contributed by atoms with Gasteiger partial charge in [0.1, 0.15) is 5.82 Å². The molecule has 18 heavy (non-hydrogen) atoms. The molecule has 0 fully saturated rings. The summed E-state index contributed by atoms with van der Waals surface area (Å²) in [7, 11) is 0. The molecule has 0 bridgehead atoms. The van der Waals surface area contributed by atoms with Gasteiger partial charge >= 0.3 is 0 Å². The lowest BCUT2D eigenvalue weighted by Gasteiger charge is -2.15. The number of hydrogen-bond acceptors (Lipinski definition) is 4. The van der Waals surface area contributed by atoms with Crippen LogP contribution in [0.1, 0.15) is 45.3 Å². The number of aliphatic hydroxyl groups excluding tert-OH is 1. The zero-order valence-electron chi connectivity index (χ0n) is 11.8. The van der Waals surface area contributed by atoms with E-state index in [0.29, 0.717) is 0 Å². The average Bonchev–Trinajstić information content (AvgIpc) is 2.81. The SMILES string of the molecule is CCCNC(CO)CCn1nc(CC)nc1CC. The number of nitrogens with zero attached hydrogens (tertiary/aromatic N) is 3. The molecule has 0 spiro atoms. The molecule has 1 atom stereocenters. The van der Waals surface area contributed by atoms with Crippen LogP contribution in [0.4, 0.5) is 0 Å². The summed E-state index contributed by atoms with van der Waals surface area (Å²) in [6, 6.07) is 0.156. The van der Waals surface area contributed by atoms with Crippen LogP contribution in [-0.2, 0) is 19.4 Å². The van der Waals surface area contributed by atoms with Gasteiger partial charge in [0.25, 0.3) is 0 Å². The molecule has 1 rings (SSSR count). The summed E-state index contributed by atoms with van der Waals surface area (Å²) < 4.78 is 1.98. The second-order valence-corrected chi connectivity index (χ2v) is 4.50. The first kappa shape index (κ1) is 15.1. The van der Waals surface area contributed by atoms with Crippen molar-refractivity contribution in [3.8, 4) is 0 Å². The van der Waals surface area contributed by atoms with Crippen LogP contribution in [0.2, 0.25) is 0 Å².